The summed E-state index contributed by atoms with van der Waals surface area (Å²) in [5.41, 5.74) is 0. The molecule has 0 amide bonds. The Bertz CT molecular complexity index is 403. The van der Waals surface area contributed by atoms with E-state index in [1.807, 2.05) is 12.1 Å². The molecule has 0 spiro atoms. The van der Waals surface area contributed by atoms with Gasteiger partial charge < -0.3 is 0 Å². The fraction of sp³-hybridized carbons (Fsp3) is 0.286. The summed E-state index contributed by atoms with van der Waals surface area (Å²) >= 11 is -0.0131. The topological polar surface area (TPSA) is 9.23 Å². The summed E-state index contributed by atoms with van der Waals surface area (Å²) < 4.78 is 8.14. The minimum absolute atomic E-state index is 0.0131. The molecule has 0 saturated carbocycles. The van der Waals surface area contributed by atoms with Gasteiger partial charge in [-0.1, -0.05) is 0 Å². The van der Waals surface area contributed by atoms with E-state index in [0.29, 0.717) is 5.92 Å². The van der Waals surface area contributed by atoms with Gasteiger partial charge in [-0.25, -0.2) is 0 Å². The number of rotatable bonds is 3. The van der Waals surface area contributed by atoms with Crippen molar-refractivity contribution in [2.24, 2.45) is 5.92 Å². The van der Waals surface area contributed by atoms with E-state index in [9.17, 15) is 0 Å². The molecule has 0 fully saturated rings. The molecule has 0 heterocycles. The van der Waals surface area contributed by atoms with E-state index in [4.69, 9.17) is 4.74 Å². The molecule has 16 heavy (non-hydrogen) atoms. The fourth-order valence-corrected chi connectivity index (χ4v) is 3.83. The summed E-state index contributed by atoms with van der Waals surface area (Å²) in [5, 5.41) is 0. The van der Waals surface area contributed by atoms with E-state index in [2.05, 4.69) is 37.3 Å². The van der Waals surface area contributed by atoms with Crippen molar-refractivity contribution < 1.29 is 25.9 Å². The van der Waals surface area contributed by atoms with E-state index in [1.54, 1.807) is 7.11 Å². The van der Waals surface area contributed by atoms with E-state index < -0.39 is 0 Å². The first-order valence-corrected chi connectivity index (χ1v) is 7.61. The molecule has 2 rings (SSSR count). The Hall–Kier alpha value is -0.770. The van der Waals surface area contributed by atoms with Crippen LogP contribution in [-0.2, 0) is 0 Å². The number of hydrogen-bond donors (Lipinski definition) is 0. The van der Waals surface area contributed by atoms with Gasteiger partial charge in [0.25, 0.3) is 0 Å². The number of methoxy groups -OCH3 is 1. The molecule has 1 atom stereocenters. The second kappa shape index (κ2) is 5.53. The quantitative estimate of drug-likeness (QED) is 0.732. The molecular weight excluding hydrogens is 311 g/mol. The Morgan fingerprint density at radius 2 is 2.00 bits per heavy atom. The van der Waals surface area contributed by atoms with Crippen molar-refractivity contribution in [3.63, 3.8) is 0 Å². The molecule has 0 saturated heterocycles. The number of ether oxygens (including phenoxy) is 1. The average molecular weight is 327 g/mol. The van der Waals surface area contributed by atoms with Crippen molar-refractivity contribution in [3.8, 4) is 5.75 Å². The first kappa shape index (κ1) is 11.7. The van der Waals surface area contributed by atoms with Gasteiger partial charge in [-0.05, 0) is 0 Å². The molecule has 0 N–H and O–H groups in total. The van der Waals surface area contributed by atoms with Crippen LogP contribution in [0.4, 0.5) is 0 Å². The molecule has 0 aliphatic heterocycles. The molecule has 1 unspecified atom stereocenters. The Balaban J connectivity index is 2.01. The van der Waals surface area contributed by atoms with Crippen molar-refractivity contribution in [2.75, 3.05) is 7.11 Å². The molecule has 0 bridgehead atoms. The van der Waals surface area contributed by atoms with Gasteiger partial charge in [0.15, 0.2) is 0 Å². The van der Waals surface area contributed by atoms with Crippen LogP contribution in [0.2, 0.25) is 0 Å². The van der Waals surface area contributed by atoms with Crippen LogP contribution in [-0.4, -0.2) is 7.11 Å². The van der Waals surface area contributed by atoms with E-state index in [-0.39, 0.29) is 21.2 Å². The van der Waals surface area contributed by atoms with Crippen LogP contribution in [0.5, 0.6) is 5.75 Å². The summed E-state index contributed by atoms with van der Waals surface area (Å²) in [6.45, 7) is 2.26. The Morgan fingerprint density at radius 1 is 1.25 bits per heavy atom. The van der Waals surface area contributed by atoms with Crippen LogP contribution in [0.3, 0.4) is 0 Å². The van der Waals surface area contributed by atoms with Gasteiger partial charge >= 0.3 is 108 Å². The van der Waals surface area contributed by atoms with Gasteiger partial charge in [-0.15, -0.1) is 0 Å². The molecule has 86 valence electrons. The molecule has 1 aliphatic carbocycles. The second-order valence-corrected chi connectivity index (χ2v) is 6.94. The number of halogens is 1. The van der Waals surface area contributed by atoms with Crippen LogP contribution >= 0.6 is 0 Å². The fourth-order valence-electron chi connectivity index (χ4n) is 1.53. The van der Waals surface area contributed by atoms with Gasteiger partial charge in [-0.3, -0.25) is 0 Å². The molecule has 1 aliphatic rings. The molecule has 1 aromatic rings. The maximum atomic E-state index is 5.16. The van der Waals surface area contributed by atoms with Crippen LogP contribution in [0.25, 0.3) is 0 Å². The zero-order valence-electron chi connectivity index (χ0n) is 9.61. The third-order valence-electron chi connectivity index (χ3n) is 2.54. The Kier molecular flexibility index (Phi) is 4.04. The zero-order chi connectivity index (χ0) is 11.4. The van der Waals surface area contributed by atoms with Crippen LogP contribution in [0.15, 0.2) is 46.1 Å². The second-order valence-electron chi connectivity index (χ2n) is 3.91. The van der Waals surface area contributed by atoms with Crippen LogP contribution in [0.1, 0.15) is 13.3 Å². The maximum absolute atomic E-state index is 5.16. The Morgan fingerprint density at radius 3 is 2.56 bits per heavy atom. The van der Waals surface area contributed by atoms with Gasteiger partial charge in [0.05, 0.1) is 0 Å². The summed E-state index contributed by atoms with van der Waals surface area (Å²) in [5.74, 6) is 1.65. The Labute approximate surface area is 107 Å². The van der Waals surface area contributed by atoms with Crippen molar-refractivity contribution in [1.82, 2.24) is 0 Å². The third-order valence-corrected chi connectivity index (χ3v) is 5.30. The van der Waals surface area contributed by atoms with Gasteiger partial charge in [0.1, 0.15) is 0 Å². The monoisotopic (exact) mass is 327 g/mol. The van der Waals surface area contributed by atoms with Crippen LogP contribution in [0, 0.1) is 9.49 Å². The van der Waals surface area contributed by atoms with E-state index in [1.165, 1.54) is 13.6 Å². The summed E-state index contributed by atoms with van der Waals surface area (Å²) in [6.07, 6.45) is 8.20. The van der Waals surface area contributed by atoms with Crippen molar-refractivity contribution in [1.29, 1.82) is 0 Å². The normalized spacial score (nSPS) is 19.6. The molecule has 1 nitrogen and oxygen atoms in total. The van der Waals surface area contributed by atoms with E-state index in [0.717, 1.165) is 5.75 Å². The molecule has 0 radical (unpaired) electrons. The van der Waals surface area contributed by atoms with E-state index >= 15 is 0 Å². The predicted molar refractivity (Wildman–Crippen MR) is 62.7 cm³/mol. The van der Waals surface area contributed by atoms with Gasteiger partial charge in [-0.2, -0.15) is 0 Å². The SMILES string of the molecule is COc1ccc([I-]C2=CCC(C)C=C2)cc1. The average Bonchev–Trinajstić information content (AvgIpc) is 2.33. The van der Waals surface area contributed by atoms with Crippen molar-refractivity contribution >= 4 is 0 Å². The van der Waals surface area contributed by atoms with Crippen LogP contribution < -0.4 is 25.9 Å². The zero-order valence-corrected chi connectivity index (χ0v) is 11.8. The molecule has 0 aromatic heterocycles. The van der Waals surface area contributed by atoms with Gasteiger partial charge in [0.2, 0.25) is 0 Å². The summed E-state index contributed by atoms with van der Waals surface area (Å²) in [7, 11) is 1.71. The number of allylic oxidation sites excluding steroid dienone is 4. The summed E-state index contributed by atoms with van der Waals surface area (Å²) in [6, 6.07) is 8.45. The number of benzene rings is 1. The van der Waals surface area contributed by atoms with Gasteiger partial charge in [0, 0.05) is 0 Å². The summed E-state index contributed by atoms with van der Waals surface area (Å²) in [4.78, 5) is 0. The minimum atomic E-state index is -0.0131. The standard InChI is InChI=1S/C14H16IO/c1-11-3-5-12(6-4-11)15-13-7-9-14(16-2)10-8-13/h3,5-11H,4H2,1-2H3/q-1. The predicted octanol–water partition coefficient (Wildman–Crippen LogP) is 0.434. The van der Waals surface area contributed by atoms with Crippen molar-refractivity contribution in [2.45, 2.75) is 13.3 Å². The first-order chi connectivity index (χ1) is 7.78. The molecule has 1 aromatic carbocycles. The molecular formula is C14H16IO-. The first-order valence-electron chi connectivity index (χ1n) is 5.45. The molecule has 2 heteroatoms. The number of hydrogen-bond acceptors (Lipinski definition) is 1. The van der Waals surface area contributed by atoms with Crippen molar-refractivity contribution in [3.05, 3.63) is 49.6 Å². The third kappa shape index (κ3) is 3.11.